The van der Waals surface area contributed by atoms with Gasteiger partial charge < -0.3 is 9.84 Å². The van der Waals surface area contributed by atoms with Gasteiger partial charge in [0.05, 0.1) is 16.5 Å². The number of nitrogens with zero attached hydrogens (tertiary/aromatic N) is 1. The van der Waals surface area contributed by atoms with E-state index in [1.54, 1.807) is 24.4 Å². The van der Waals surface area contributed by atoms with Crippen molar-refractivity contribution in [3.05, 3.63) is 50.7 Å². The Hall–Kier alpha value is -2.29. The van der Waals surface area contributed by atoms with E-state index in [4.69, 9.17) is 16.3 Å². The Balaban J connectivity index is 2.42. The van der Waals surface area contributed by atoms with E-state index in [0.717, 1.165) is 0 Å². The standard InChI is InChI=1S/C16H12ClNO3S/c1-2-21-13-8-10(7-12(17)16(13)20)6-11(9-18)15(19)14-4-3-5-22-14/h3-8,20H,2H2,1H3/b11-6+. The number of hydrogen-bond donors (Lipinski definition) is 1. The quantitative estimate of drug-likeness (QED) is 0.503. The summed E-state index contributed by atoms with van der Waals surface area (Å²) in [6.07, 6.45) is 1.43. The maximum atomic E-state index is 12.2. The molecule has 2 rings (SSSR count). The SMILES string of the molecule is CCOc1cc(/C=C(\C#N)C(=O)c2cccs2)cc(Cl)c1O. The number of allylic oxidation sites excluding steroid dienone is 1. The van der Waals surface area contributed by atoms with Gasteiger partial charge >= 0.3 is 0 Å². The molecule has 0 unspecified atom stereocenters. The summed E-state index contributed by atoms with van der Waals surface area (Å²) in [4.78, 5) is 12.7. The van der Waals surface area contributed by atoms with E-state index < -0.39 is 0 Å². The Kier molecular flexibility index (Phi) is 5.21. The number of carbonyl (C=O) groups is 1. The molecule has 0 bridgehead atoms. The number of ketones is 1. The van der Waals surface area contributed by atoms with Gasteiger partial charge in [-0.1, -0.05) is 17.7 Å². The molecular formula is C16H12ClNO3S. The van der Waals surface area contributed by atoms with Crippen molar-refractivity contribution in [2.24, 2.45) is 0 Å². The number of phenols is 1. The van der Waals surface area contributed by atoms with Crippen LogP contribution in [0.3, 0.4) is 0 Å². The zero-order valence-corrected chi connectivity index (χ0v) is 13.2. The van der Waals surface area contributed by atoms with Crippen LogP contribution in [0.1, 0.15) is 22.2 Å². The minimum atomic E-state index is -0.348. The summed E-state index contributed by atoms with van der Waals surface area (Å²) in [6, 6.07) is 8.31. The van der Waals surface area contributed by atoms with Crippen molar-refractivity contribution in [3.63, 3.8) is 0 Å². The molecule has 0 radical (unpaired) electrons. The van der Waals surface area contributed by atoms with Gasteiger partial charge in [-0.05, 0) is 42.1 Å². The smallest absolute Gasteiger partial charge is 0.213 e. The van der Waals surface area contributed by atoms with Gasteiger partial charge in [-0.2, -0.15) is 5.26 Å². The molecular weight excluding hydrogens is 322 g/mol. The predicted molar refractivity (Wildman–Crippen MR) is 86.5 cm³/mol. The van der Waals surface area contributed by atoms with Crippen molar-refractivity contribution in [1.82, 2.24) is 0 Å². The van der Waals surface area contributed by atoms with Gasteiger partial charge in [0, 0.05) is 0 Å². The van der Waals surface area contributed by atoms with Crippen LogP contribution in [0.25, 0.3) is 6.08 Å². The molecule has 0 saturated heterocycles. The third kappa shape index (κ3) is 3.48. The van der Waals surface area contributed by atoms with Crippen molar-refractivity contribution in [2.75, 3.05) is 6.61 Å². The van der Waals surface area contributed by atoms with Gasteiger partial charge in [-0.25, -0.2) is 0 Å². The van der Waals surface area contributed by atoms with Gasteiger partial charge in [0.1, 0.15) is 11.6 Å². The Morgan fingerprint density at radius 1 is 1.55 bits per heavy atom. The zero-order chi connectivity index (χ0) is 16.1. The number of benzene rings is 1. The third-order valence-corrected chi connectivity index (χ3v) is 3.93. The average Bonchev–Trinajstić information content (AvgIpc) is 3.03. The van der Waals surface area contributed by atoms with Crippen molar-refractivity contribution in [1.29, 1.82) is 5.26 Å². The first kappa shape index (κ1) is 16.1. The topological polar surface area (TPSA) is 70.3 Å². The highest BCUT2D eigenvalue weighted by Gasteiger charge is 2.14. The van der Waals surface area contributed by atoms with Crippen molar-refractivity contribution >= 4 is 34.8 Å². The lowest BCUT2D eigenvalue weighted by Gasteiger charge is -2.08. The molecule has 0 aliphatic heterocycles. The van der Waals surface area contributed by atoms with Crippen LogP contribution in [0.5, 0.6) is 11.5 Å². The van der Waals surface area contributed by atoms with Crippen LogP contribution in [0.15, 0.2) is 35.2 Å². The molecule has 1 heterocycles. The summed E-state index contributed by atoms with van der Waals surface area (Å²) in [6.45, 7) is 2.13. The molecule has 1 N–H and O–H groups in total. The van der Waals surface area contributed by atoms with Crippen molar-refractivity contribution in [3.8, 4) is 17.6 Å². The summed E-state index contributed by atoms with van der Waals surface area (Å²) >= 11 is 7.21. The highest BCUT2D eigenvalue weighted by molar-refractivity contribution is 7.12. The van der Waals surface area contributed by atoms with Crippen LogP contribution in [-0.2, 0) is 0 Å². The van der Waals surface area contributed by atoms with Crippen LogP contribution in [0.2, 0.25) is 5.02 Å². The highest BCUT2D eigenvalue weighted by Crippen LogP contribution is 2.36. The molecule has 6 heteroatoms. The van der Waals surface area contributed by atoms with Gasteiger partial charge in [0.2, 0.25) is 5.78 Å². The van der Waals surface area contributed by atoms with Crippen molar-refractivity contribution in [2.45, 2.75) is 6.92 Å². The number of ether oxygens (including phenoxy) is 1. The second kappa shape index (κ2) is 7.12. The number of carbonyl (C=O) groups excluding carboxylic acids is 1. The normalized spacial score (nSPS) is 11.0. The van der Waals surface area contributed by atoms with Gasteiger partial charge in [0.25, 0.3) is 0 Å². The fourth-order valence-electron chi connectivity index (χ4n) is 1.80. The van der Waals surface area contributed by atoms with Crippen LogP contribution >= 0.6 is 22.9 Å². The van der Waals surface area contributed by atoms with Crippen LogP contribution in [0.4, 0.5) is 0 Å². The lowest BCUT2D eigenvalue weighted by Crippen LogP contribution is -1.99. The molecule has 0 spiro atoms. The Bertz CT molecular complexity index is 760. The van der Waals surface area contributed by atoms with Gasteiger partial charge in [0.15, 0.2) is 11.5 Å². The lowest BCUT2D eigenvalue weighted by atomic mass is 10.1. The lowest BCUT2D eigenvalue weighted by molar-refractivity contribution is 0.104. The zero-order valence-electron chi connectivity index (χ0n) is 11.7. The molecule has 112 valence electrons. The third-order valence-electron chi connectivity index (χ3n) is 2.77. The largest absolute Gasteiger partial charge is 0.503 e. The minimum absolute atomic E-state index is 0.00773. The molecule has 1 aromatic carbocycles. The van der Waals surface area contributed by atoms with Crippen LogP contribution in [-0.4, -0.2) is 17.5 Å². The maximum absolute atomic E-state index is 12.2. The monoisotopic (exact) mass is 333 g/mol. The van der Waals surface area contributed by atoms with E-state index in [1.807, 2.05) is 6.07 Å². The molecule has 2 aromatic rings. The molecule has 0 aliphatic rings. The Morgan fingerprint density at radius 2 is 2.32 bits per heavy atom. The Morgan fingerprint density at radius 3 is 2.91 bits per heavy atom. The van der Waals surface area contributed by atoms with E-state index in [1.165, 1.54) is 29.5 Å². The first-order chi connectivity index (χ1) is 10.6. The fraction of sp³-hybridized carbons (Fsp3) is 0.125. The molecule has 0 amide bonds. The number of aromatic hydroxyl groups is 1. The first-order valence-corrected chi connectivity index (χ1v) is 7.68. The number of thiophene rings is 1. The van der Waals surface area contributed by atoms with E-state index in [0.29, 0.717) is 17.0 Å². The number of rotatable bonds is 5. The number of halogens is 1. The maximum Gasteiger partial charge on any atom is 0.213 e. The minimum Gasteiger partial charge on any atom is -0.503 e. The Labute approximate surface area is 136 Å². The molecule has 0 aliphatic carbocycles. The fourth-order valence-corrected chi connectivity index (χ4v) is 2.70. The second-order valence-electron chi connectivity index (χ2n) is 4.26. The van der Waals surface area contributed by atoms with E-state index in [2.05, 4.69) is 0 Å². The molecule has 0 fully saturated rings. The molecule has 0 atom stereocenters. The van der Waals surface area contributed by atoms with E-state index in [9.17, 15) is 15.2 Å². The summed E-state index contributed by atoms with van der Waals surface area (Å²) in [5.74, 6) is -0.300. The molecule has 0 saturated carbocycles. The summed E-state index contributed by atoms with van der Waals surface area (Å²) in [7, 11) is 0. The average molecular weight is 334 g/mol. The van der Waals surface area contributed by atoms with E-state index in [-0.39, 0.29) is 27.9 Å². The second-order valence-corrected chi connectivity index (χ2v) is 5.61. The van der Waals surface area contributed by atoms with E-state index >= 15 is 0 Å². The van der Waals surface area contributed by atoms with Crippen molar-refractivity contribution < 1.29 is 14.6 Å². The van der Waals surface area contributed by atoms with Gasteiger partial charge in [-0.15, -0.1) is 11.3 Å². The number of phenolic OH excluding ortho intramolecular Hbond substituents is 1. The van der Waals surface area contributed by atoms with Crippen LogP contribution in [0, 0.1) is 11.3 Å². The number of nitriles is 1. The first-order valence-electron chi connectivity index (χ1n) is 6.42. The molecule has 22 heavy (non-hydrogen) atoms. The summed E-state index contributed by atoms with van der Waals surface area (Å²) < 4.78 is 5.28. The number of hydrogen-bond acceptors (Lipinski definition) is 5. The van der Waals surface area contributed by atoms with Gasteiger partial charge in [-0.3, -0.25) is 4.79 Å². The summed E-state index contributed by atoms with van der Waals surface area (Å²) in [5, 5.41) is 20.9. The molecule has 1 aromatic heterocycles. The number of Topliss-reactive ketones (excluding diaryl/α,β-unsaturated/α-hetero) is 1. The molecule has 4 nitrogen and oxygen atoms in total. The highest BCUT2D eigenvalue weighted by atomic mass is 35.5. The summed E-state index contributed by atoms with van der Waals surface area (Å²) in [5.41, 5.74) is 0.499. The predicted octanol–water partition coefficient (Wildman–Crippen LogP) is 4.30. The van der Waals surface area contributed by atoms with Crippen LogP contribution < -0.4 is 4.74 Å².